The Kier molecular flexibility index (Phi) is 5.79. The smallest absolute Gasteiger partial charge is 0.303 e. The third-order valence-electron chi connectivity index (χ3n) is 14.3. The van der Waals surface area contributed by atoms with Crippen molar-refractivity contribution in [1.82, 2.24) is 0 Å². The van der Waals surface area contributed by atoms with Crippen LogP contribution in [0, 0.1) is 56.2 Å². The molecule has 0 amide bonds. The molecule has 216 valence electrons. The molecular weight excluding hydrogens is 476 g/mol. The van der Waals surface area contributed by atoms with Crippen molar-refractivity contribution >= 4 is 5.97 Å². The minimum absolute atomic E-state index is 0.0242. The summed E-state index contributed by atoms with van der Waals surface area (Å²) >= 11 is 0. The Morgan fingerprint density at radius 2 is 1.61 bits per heavy atom. The number of aliphatic hydroxyl groups excluding tert-OH is 2. The Morgan fingerprint density at radius 1 is 0.974 bits per heavy atom. The van der Waals surface area contributed by atoms with E-state index in [-0.39, 0.29) is 52.0 Å². The van der Waals surface area contributed by atoms with E-state index in [1.54, 1.807) is 0 Å². The summed E-state index contributed by atoms with van der Waals surface area (Å²) in [6.07, 6.45) is 7.50. The van der Waals surface area contributed by atoms with E-state index in [1.165, 1.54) is 26.2 Å². The summed E-state index contributed by atoms with van der Waals surface area (Å²) in [7, 11) is 0. The highest BCUT2D eigenvalue weighted by molar-refractivity contribution is 5.66. The minimum Gasteiger partial charge on any atom is -0.459 e. The molecule has 38 heavy (non-hydrogen) atoms. The van der Waals surface area contributed by atoms with E-state index in [2.05, 4.69) is 55.4 Å². The molecule has 0 aromatic rings. The zero-order valence-corrected chi connectivity index (χ0v) is 25.5. The third kappa shape index (κ3) is 3.13. The number of esters is 1. The van der Waals surface area contributed by atoms with Crippen LogP contribution in [0.4, 0.5) is 0 Å². The van der Waals surface area contributed by atoms with Crippen molar-refractivity contribution in [2.24, 2.45) is 56.2 Å². The highest BCUT2D eigenvalue weighted by Gasteiger charge is 2.84. The fraction of sp³-hybridized carbons (Fsp3) is 0.970. The number of carbonyl (C=O) groups excluding carboxylic acids is 1. The molecular formula is C33H54O5. The number of hydrogen-bond acceptors (Lipinski definition) is 5. The first-order chi connectivity index (χ1) is 17.5. The standard InChI is InChI=1S/C33H54O5/c1-18-16-20(27(28(3,4)5)37-19(2)34)38-25-24(18)30(8)14-15-33-17-32(33)13-12-23(35)29(6,7)21(32)10-11-22(33)31(30,9)26(25)36/h18,20-27,35-36H,10-17H2,1-9H3/t18-,20?,21+,22?,23+,24+,25?,26+,27+,30-,31?,32-,33?/m1/s1. The molecule has 1 saturated heterocycles. The second-order valence-electron chi connectivity index (χ2n) is 17.0. The monoisotopic (exact) mass is 530 g/mol. The van der Waals surface area contributed by atoms with Crippen LogP contribution in [0.15, 0.2) is 0 Å². The molecule has 6 fully saturated rings. The first-order valence-electron chi connectivity index (χ1n) is 15.7. The predicted octanol–water partition coefficient (Wildman–Crippen LogP) is 6.14. The molecule has 5 saturated carbocycles. The highest BCUT2D eigenvalue weighted by Crippen LogP contribution is 2.89. The van der Waals surface area contributed by atoms with Gasteiger partial charge in [-0.05, 0) is 96.7 Å². The fourth-order valence-electron chi connectivity index (χ4n) is 12.5. The maximum atomic E-state index is 12.4. The van der Waals surface area contributed by atoms with Crippen LogP contribution in [0.5, 0.6) is 0 Å². The number of fused-ring (bicyclic) bond motifs is 4. The molecule has 2 spiro atoms. The van der Waals surface area contributed by atoms with Gasteiger partial charge in [-0.25, -0.2) is 0 Å². The van der Waals surface area contributed by atoms with Gasteiger partial charge in [-0.1, -0.05) is 55.4 Å². The molecule has 0 aromatic heterocycles. The van der Waals surface area contributed by atoms with Crippen molar-refractivity contribution in [2.75, 3.05) is 0 Å². The zero-order chi connectivity index (χ0) is 27.8. The topological polar surface area (TPSA) is 76.0 Å². The fourth-order valence-corrected chi connectivity index (χ4v) is 12.5. The molecule has 0 radical (unpaired) electrons. The Morgan fingerprint density at radius 3 is 2.24 bits per heavy atom. The van der Waals surface area contributed by atoms with Crippen molar-refractivity contribution in [2.45, 2.75) is 144 Å². The molecule has 5 heteroatoms. The van der Waals surface area contributed by atoms with Crippen LogP contribution in [-0.2, 0) is 14.3 Å². The maximum Gasteiger partial charge on any atom is 0.303 e. The molecule has 2 N–H and O–H groups in total. The van der Waals surface area contributed by atoms with E-state index in [4.69, 9.17) is 9.47 Å². The van der Waals surface area contributed by atoms with Crippen LogP contribution in [0.1, 0.15) is 114 Å². The second-order valence-corrected chi connectivity index (χ2v) is 17.0. The lowest BCUT2D eigenvalue weighted by Gasteiger charge is -2.63. The first kappa shape index (κ1) is 27.5. The lowest BCUT2D eigenvalue weighted by molar-refractivity contribution is -0.204. The van der Waals surface area contributed by atoms with Crippen LogP contribution in [0.2, 0.25) is 0 Å². The van der Waals surface area contributed by atoms with Gasteiger partial charge >= 0.3 is 5.97 Å². The average molecular weight is 531 g/mol. The van der Waals surface area contributed by atoms with Gasteiger partial charge in [0.1, 0.15) is 6.10 Å². The minimum atomic E-state index is -0.515. The van der Waals surface area contributed by atoms with Crippen LogP contribution in [0.3, 0.4) is 0 Å². The summed E-state index contributed by atoms with van der Waals surface area (Å²) < 4.78 is 12.8. The predicted molar refractivity (Wildman–Crippen MR) is 147 cm³/mol. The molecule has 6 rings (SSSR count). The number of aliphatic hydroxyl groups is 2. The largest absolute Gasteiger partial charge is 0.459 e. The summed E-state index contributed by atoms with van der Waals surface area (Å²) in [4.78, 5) is 12.1. The lowest BCUT2D eigenvalue weighted by Crippen LogP contribution is -2.59. The average Bonchev–Trinajstić information content (AvgIpc) is 3.44. The molecule has 0 bridgehead atoms. The van der Waals surface area contributed by atoms with Crippen LogP contribution in [0.25, 0.3) is 0 Å². The van der Waals surface area contributed by atoms with E-state index in [0.717, 1.165) is 32.1 Å². The number of carbonyl (C=O) groups is 1. The lowest BCUT2D eigenvalue weighted by atomic mass is 9.41. The van der Waals surface area contributed by atoms with Gasteiger partial charge in [-0.15, -0.1) is 0 Å². The molecule has 13 atom stereocenters. The second kappa shape index (κ2) is 8.00. The summed E-state index contributed by atoms with van der Waals surface area (Å²) in [5.41, 5.74) is 0.213. The molecule has 0 aromatic carbocycles. The Labute approximate surface area is 230 Å². The van der Waals surface area contributed by atoms with Gasteiger partial charge in [0.15, 0.2) is 0 Å². The highest BCUT2D eigenvalue weighted by atomic mass is 16.6. The SMILES string of the molecule is CC(=O)O[C@@H](C1C[C@@H](C)[C@H]2C(O1)[C@H](O)C1(C)C3CC[C@H]4C(C)(C)[C@@H](O)CC[C@@]45CC35CC[C@]21C)C(C)(C)C. The normalized spacial score (nSPS) is 55.4. The van der Waals surface area contributed by atoms with Crippen LogP contribution in [-0.4, -0.2) is 46.7 Å². The molecule has 1 aliphatic heterocycles. The van der Waals surface area contributed by atoms with Gasteiger partial charge in [0.25, 0.3) is 0 Å². The summed E-state index contributed by atoms with van der Waals surface area (Å²) in [6.45, 7) is 19.7. The Bertz CT molecular complexity index is 1000. The zero-order valence-electron chi connectivity index (χ0n) is 25.5. The van der Waals surface area contributed by atoms with Gasteiger partial charge in [-0.2, -0.15) is 0 Å². The molecule has 6 aliphatic rings. The molecule has 5 aliphatic carbocycles. The van der Waals surface area contributed by atoms with Crippen molar-refractivity contribution in [3.63, 3.8) is 0 Å². The number of ether oxygens (including phenoxy) is 2. The quantitative estimate of drug-likeness (QED) is 0.420. The van der Waals surface area contributed by atoms with Crippen molar-refractivity contribution in [1.29, 1.82) is 0 Å². The number of rotatable bonds is 2. The van der Waals surface area contributed by atoms with Crippen molar-refractivity contribution < 1.29 is 24.5 Å². The maximum absolute atomic E-state index is 12.4. The summed E-state index contributed by atoms with van der Waals surface area (Å²) in [5, 5.41) is 23.3. The van der Waals surface area contributed by atoms with Crippen LogP contribution < -0.4 is 0 Å². The Balaban J connectivity index is 1.35. The van der Waals surface area contributed by atoms with Crippen molar-refractivity contribution in [3.8, 4) is 0 Å². The van der Waals surface area contributed by atoms with Gasteiger partial charge in [0, 0.05) is 17.8 Å². The van der Waals surface area contributed by atoms with Gasteiger partial charge < -0.3 is 19.7 Å². The molecule has 1 heterocycles. The van der Waals surface area contributed by atoms with E-state index >= 15 is 0 Å². The van der Waals surface area contributed by atoms with Gasteiger partial charge in [-0.3, -0.25) is 4.79 Å². The van der Waals surface area contributed by atoms with Crippen LogP contribution >= 0.6 is 0 Å². The van der Waals surface area contributed by atoms with Gasteiger partial charge in [0.05, 0.1) is 24.4 Å². The molecule has 5 unspecified atom stereocenters. The third-order valence-corrected chi connectivity index (χ3v) is 14.3. The summed E-state index contributed by atoms with van der Waals surface area (Å²) in [6, 6.07) is 0. The Hall–Kier alpha value is -0.650. The van der Waals surface area contributed by atoms with Gasteiger partial charge in [0.2, 0.25) is 0 Å². The summed E-state index contributed by atoms with van der Waals surface area (Å²) in [5.74, 6) is 1.52. The van der Waals surface area contributed by atoms with Crippen molar-refractivity contribution in [3.05, 3.63) is 0 Å². The van der Waals surface area contributed by atoms with E-state index in [9.17, 15) is 15.0 Å². The van der Waals surface area contributed by atoms with E-state index in [0.29, 0.717) is 34.5 Å². The number of hydrogen-bond donors (Lipinski definition) is 2. The first-order valence-corrected chi connectivity index (χ1v) is 15.7. The molecule has 5 nitrogen and oxygen atoms in total. The van der Waals surface area contributed by atoms with E-state index in [1.807, 2.05) is 0 Å². The van der Waals surface area contributed by atoms with E-state index < -0.39 is 6.10 Å².